The van der Waals surface area contributed by atoms with Gasteiger partial charge in [-0.05, 0) is 50.6 Å². The van der Waals surface area contributed by atoms with Gasteiger partial charge in [0, 0.05) is 44.9 Å². The van der Waals surface area contributed by atoms with Crippen LogP contribution in [0.1, 0.15) is 50.6 Å². The fourth-order valence-electron chi connectivity index (χ4n) is 4.47. The molecule has 1 aliphatic heterocycles. The van der Waals surface area contributed by atoms with Gasteiger partial charge in [-0.1, -0.05) is 19.1 Å². The Labute approximate surface area is 151 Å². The highest BCUT2D eigenvalue weighted by molar-refractivity contribution is 5.76. The van der Waals surface area contributed by atoms with Crippen LogP contribution in [0.25, 0.3) is 0 Å². The molecule has 0 bridgehead atoms. The van der Waals surface area contributed by atoms with Crippen molar-refractivity contribution in [2.75, 3.05) is 26.7 Å². The summed E-state index contributed by atoms with van der Waals surface area (Å²) in [4.78, 5) is 17.1. The van der Waals surface area contributed by atoms with E-state index in [0.717, 1.165) is 32.5 Å². The minimum atomic E-state index is 0.287. The third kappa shape index (κ3) is 4.32. The first kappa shape index (κ1) is 18.2. The Balaban J connectivity index is 1.67. The van der Waals surface area contributed by atoms with Crippen LogP contribution < -0.4 is 0 Å². The van der Waals surface area contributed by atoms with Gasteiger partial charge in [-0.2, -0.15) is 5.10 Å². The van der Waals surface area contributed by atoms with Gasteiger partial charge in [0.1, 0.15) is 0 Å². The van der Waals surface area contributed by atoms with E-state index in [0.29, 0.717) is 24.3 Å². The molecule has 0 aromatic carbocycles. The number of amides is 1. The second kappa shape index (κ2) is 8.17. The summed E-state index contributed by atoms with van der Waals surface area (Å²) in [5, 5.41) is 4.38. The van der Waals surface area contributed by atoms with Gasteiger partial charge in [0.15, 0.2) is 0 Å². The molecule has 1 aliphatic carbocycles. The van der Waals surface area contributed by atoms with Gasteiger partial charge < -0.3 is 4.90 Å². The molecule has 2 aliphatic rings. The van der Waals surface area contributed by atoms with Crippen LogP contribution in [0.3, 0.4) is 0 Å². The van der Waals surface area contributed by atoms with Gasteiger partial charge in [-0.15, -0.1) is 0 Å². The zero-order valence-corrected chi connectivity index (χ0v) is 15.9. The number of hydrogen-bond acceptors (Lipinski definition) is 3. The summed E-state index contributed by atoms with van der Waals surface area (Å²) in [6.07, 6.45) is 13.9. The van der Waals surface area contributed by atoms with E-state index in [1.807, 2.05) is 29.9 Å². The highest BCUT2D eigenvalue weighted by Gasteiger charge is 2.34. The van der Waals surface area contributed by atoms with E-state index in [-0.39, 0.29) is 5.91 Å². The number of hydrogen-bond donors (Lipinski definition) is 0. The van der Waals surface area contributed by atoms with E-state index in [1.165, 1.54) is 18.4 Å². The molecule has 1 saturated heterocycles. The molecule has 1 fully saturated rings. The fraction of sp³-hybridized carbons (Fsp3) is 0.700. The molecule has 1 amide bonds. The lowest BCUT2D eigenvalue weighted by molar-refractivity contribution is -0.131. The number of carbonyl (C=O) groups is 1. The van der Waals surface area contributed by atoms with E-state index in [4.69, 9.17) is 0 Å². The Morgan fingerprint density at radius 2 is 2.24 bits per heavy atom. The van der Waals surface area contributed by atoms with E-state index in [1.54, 1.807) is 0 Å². The third-order valence-corrected chi connectivity index (χ3v) is 5.82. The van der Waals surface area contributed by atoms with Crippen LogP contribution in [-0.4, -0.2) is 52.2 Å². The van der Waals surface area contributed by atoms with Gasteiger partial charge in [-0.25, -0.2) is 0 Å². The molecule has 0 N–H and O–H groups in total. The van der Waals surface area contributed by atoms with E-state index in [9.17, 15) is 4.79 Å². The van der Waals surface area contributed by atoms with Crippen LogP contribution in [0.2, 0.25) is 0 Å². The summed E-state index contributed by atoms with van der Waals surface area (Å²) in [5.41, 5.74) is 1.29. The molecule has 1 aromatic rings. The molecule has 1 aromatic heterocycles. The van der Waals surface area contributed by atoms with Crippen molar-refractivity contribution in [2.45, 2.75) is 45.1 Å². The van der Waals surface area contributed by atoms with E-state index < -0.39 is 0 Å². The first-order chi connectivity index (χ1) is 12.1. The normalized spacial score (nSPS) is 26.9. The summed E-state index contributed by atoms with van der Waals surface area (Å²) in [7, 11) is 3.95. The highest BCUT2D eigenvalue weighted by atomic mass is 16.2. The van der Waals surface area contributed by atoms with Gasteiger partial charge in [0.05, 0.1) is 6.20 Å². The van der Waals surface area contributed by atoms with Gasteiger partial charge in [-0.3, -0.25) is 14.4 Å². The second-order valence-corrected chi connectivity index (χ2v) is 7.67. The Morgan fingerprint density at radius 3 is 2.88 bits per heavy atom. The van der Waals surface area contributed by atoms with Crippen LogP contribution >= 0.6 is 0 Å². The monoisotopic (exact) mass is 344 g/mol. The smallest absolute Gasteiger partial charge is 0.222 e. The number of allylic oxidation sites excluding steroid dienone is 2. The average Bonchev–Trinajstić information content (AvgIpc) is 3.26. The minimum absolute atomic E-state index is 0.287. The number of nitrogens with zero attached hydrogens (tertiary/aromatic N) is 4. The standard InChI is InChI=1S/C20H32N4O/c1-4-24-11-7-10-17(20(24)18-13-21-23(3)15-18)14-22(2)19(25)12-16-8-5-6-9-16/h5,8,13,15-17,20H,4,6-7,9-12,14H2,1-3H3/t16-,17+,20-/m1/s1. The summed E-state index contributed by atoms with van der Waals surface area (Å²) in [5.74, 6) is 1.21. The number of aryl methyl sites for hydroxylation is 1. The second-order valence-electron chi connectivity index (χ2n) is 7.67. The van der Waals surface area contributed by atoms with E-state index in [2.05, 4.69) is 35.3 Å². The SMILES string of the molecule is CCN1CCC[C@@H](CN(C)C(=O)C[C@@H]2C=CCC2)[C@@H]1c1cnn(C)c1. The van der Waals surface area contributed by atoms with Crippen molar-refractivity contribution in [3.05, 3.63) is 30.1 Å². The first-order valence-corrected chi connectivity index (χ1v) is 9.71. The zero-order valence-electron chi connectivity index (χ0n) is 15.9. The Bertz CT molecular complexity index is 609. The quantitative estimate of drug-likeness (QED) is 0.745. The predicted octanol–water partition coefficient (Wildman–Crippen LogP) is 3.01. The molecule has 0 spiro atoms. The highest BCUT2D eigenvalue weighted by Crippen LogP contribution is 2.36. The molecule has 138 valence electrons. The van der Waals surface area contributed by atoms with E-state index >= 15 is 0 Å². The van der Waals surface area contributed by atoms with Crippen molar-refractivity contribution in [3.8, 4) is 0 Å². The van der Waals surface area contributed by atoms with Crippen LogP contribution in [0.15, 0.2) is 24.5 Å². The van der Waals surface area contributed by atoms with Gasteiger partial charge in [0.2, 0.25) is 5.91 Å². The third-order valence-electron chi connectivity index (χ3n) is 5.82. The molecule has 25 heavy (non-hydrogen) atoms. The fourth-order valence-corrected chi connectivity index (χ4v) is 4.47. The predicted molar refractivity (Wildman–Crippen MR) is 100 cm³/mol. The molecule has 5 nitrogen and oxygen atoms in total. The molecule has 3 rings (SSSR count). The van der Waals surface area contributed by atoms with Crippen molar-refractivity contribution in [3.63, 3.8) is 0 Å². The molecule has 2 heterocycles. The first-order valence-electron chi connectivity index (χ1n) is 9.71. The maximum atomic E-state index is 12.6. The summed E-state index contributed by atoms with van der Waals surface area (Å²) in [6, 6.07) is 0.370. The lowest BCUT2D eigenvalue weighted by atomic mass is 9.85. The van der Waals surface area contributed by atoms with Crippen molar-refractivity contribution >= 4 is 5.91 Å². The molecule has 0 radical (unpaired) electrons. The molecule has 5 heteroatoms. The number of piperidine rings is 1. The largest absolute Gasteiger partial charge is 0.345 e. The van der Waals surface area contributed by atoms with Crippen LogP contribution in [-0.2, 0) is 11.8 Å². The van der Waals surface area contributed by atoms with Crippen LogP contribution in [0, 0.1) is 11.8 Å². The van der Waals surface area contributed by atoms with Crippen LogP contribution in [0.4, 0.5) is 0 Å². The number of likely N-dealkylation sites (tertiary alicyclic amines) is 1. The minimum Gasteiger partial charge on any atom is -0.345 e. The molecular weight excluding hydrogens is 312 g/mol. The van der Waals surface area contributed by atoms with Crippen molar-refractivity contribution in [1.29, 1.82) is 0 Å². The molecule has 0 saturated carbocycles. The number of rotatable bonds is 6. The number of aromatic nitrogens is 2. The zero-order chi connectivity index (χ0) is 17.8. The maximum absolute atomic E-state index is 12.6. The Morgan fingerprint density at radius 1 is 1.40 bits per heavy atom. The van der Waals surface area contributed by atoms with Crippen LogP contribution in [0.5, 0.6) is 0 Å². The van der Waals surface area contributed by atoms with Crippen molar-refractivity contribution in [1.82, 2.24) is 19.6 Å². The Hall–Kier alpha value is -1.62. The van der Waals surface area contributed by atoms with Gasteiger partial charge >= 0.3 is 0 Å². The summed E-state index contributed by atoms with van der Waals surface area (Å²) >= 11 is 0. The number of carbonyl (C=O) groups excluding carboxylic acids is 1. The average molecular weight is 345 g/mol. The molecule has 0 unspecified atom stereocenters. The van der Waals surface area contributed by atoms with Gasteiger partial charge in [0.25, 0.3) is 0 Å². The molecular formula is C20H32N4O. The van der Waals surface area contributed by atoms with Crippen molar-refractivity contribution in [2.24, 2.45) is 18.9 Å². The lowest BCUT2D eigenvalue weighted by Crippen LogP contribution is -2.44. The van der Waals surface area contributed by atoms with Crippen molar-refractivity contribution < 1.29 is 4.79 Å². The summed E-state index contributed by atoms with van der Waals surface area (Å²) < 4.78 is 1.89. The Kier molecular flexibility index (Phi) is 5.94. The maximum Gasteiger partial charge on any atom is 0.222 e. The summed E-state index contributed by atoms with van der Waals surface area (Å²) in [6.45, 7) is 5.25. The molecule has 3 atom stereocenters. The lowest BCUT2D eigenvalue weighted by Gasteiger charge is -2.42. The topological polar surface area (TPSA) is 41.4 Å².